The van der Waals surface area contributed by atoms with Gasteiger partial charge in [-0.15, -0.1) is 10.2 Å². The second kappa shape index (κ2) is 10.4. The first kappa shape index (κ1) is 26.0. The molecule has 2 aromatic heterocycles. The summed E-state index contributed by atoms with van der Waals surface area (Å²) >= 11 is 0. The number of alkyl halides is 2. The quantitative estimate of drug-likeness (QED) is 0.240. The standard InChI is InChI=1S/C29H25F4N5O2/c1-36-12-10-21(11-13-36)38-24-9-6-19(22-15-20(30)7-8-23(22)31)14-25(24)37(29(38)39)16-17-2-4-18(5-3-17)27-34-35-28(40-27)26(32)33/h2-9,14-15,21,26H,10-13,16H2,1H3. The number of hydrogen-bond acceptors (Lipinski definition) is 5. The molecule has 0 unspecified atom stereocenters. The molecule has 0 bridgehead atoms. The summed E-state index contributed by atoms with van der Waals surface area (Å²) in [5.41, 5.74) is 2.94. The van der Waals surface area contributed by atoms with Gasteiger partial charge in [-0.1, -0.05) is 18.2 Å². The highest BCUT2D eigenvalue weighted by molar-refractivity contribution is 5.83. The van der Waals surface area contributed by atoms with E-state index in [1.807, 2.05) is 11.6 Å². The summed E-state index contributed by atoms with van der Waals surface area (Å²) in [7, 11) is 2.05. The largest absolute Gasteiger partial charge is 0.415 e. The van der Waals surface area contributed by atoms with Gasteiger partial charge in [0, 0.05) is 17.2 Å². The number of aromatic nitrogens is 4. The Morgan fingerprint density at radius 3 is 2.35 bits per heavy atom. The van der Waals surface area contributed by atoms with E-state index in [0.717, 1.165) is 55.2 Å². The molecular formula is C29H25F4N5O2. The smallest absolute Gasteiger partial charge is 0.329 e. The molecule has 40 heavy (non-hydrogen) atoms. The van der Waals surface area contributed by atoms with Crippen molar-refractivity contribution < 1.29 is 22.0 Å². The van der Waals surface area contributed by atoms with Crippen LogP contribution in [0.5, 0.6) is 0 Å². The second-order valence-corrected chi connectivity index (χ2v) is 10.0. The molecule has 206 valence electrons. The highest BCUT2D eigenvalue weighted by Crippen LogP contribution is 2.31. The zero-order valence-corrected chi connectivity index (χ0v) is 21.5. The predicted molar refractivity (Wildman–Crippen MR) is 141 cm³/mol. The lowest BCUT2D eigenvalue weighted by atomic mass is 10.0. The number of benzene rings is 3. The fourth-order valence-corrected chi connectivity index (χ4v) is 5.30. The van der Waals surface area contributed by atoms with E-state index >= 15 is 0 Å². The molecule has 6 rings (SSSR count). The predicted octanol–water partition coefficient (Wildman–Crippen LogP) is 6.05. The van der Waals surface area contributed by atoms with Gasteiger partial charge in [0.05, 0.1) is 17.6 Å². The highest BCUT2D eigenvalue weighted by atomic mass is 19.3. The van der Waals surface area contributed by atoms with Crippen molar-refractivity contribution in [2.75, 3.05) is 20.1 Å². The number of fused-ring (bicyclic) bond motifs is 1. The third kappa shape index (κ3) is 4.81. The van der Waals surface area contributed by atoms with Gasteiger partial charge in [-0.2, -0.15) is 8.78 Å². The van der Waals surface area contributed by atoms with Crippen LogP contribution in [0.3, 0.4) is 0 Å². The zero-order chi connectivity index (χ0) is 28.0. The van der Waals surface area contributed by atoms with Crippen LogP contribution in [0.25, 0.3) is 33.6 Å². The lowest BCUT2D eigenvalue weighted by Crippen LogP contribution is -2.36. The van der Waals surface area contributed by atoms with Gasteiger partial charge in [0.15, 0.2) is 0 Å². The molecule has 0 amide bonds. The minimum absolute atomic E-state index is 0.00754. The summed E-state index contributed by atoms with van der Waals surface area (Å²) in [5.74, 6) is -1.90. The molecule has 7 nitrogen and oxygen atoms in total. The lowest BCUT2D eigenvalue weighted by molar-refractivity contribution is 0.116. The van der Waals surface area contributed by atoms with E-state index in [2.05, 4.69) is 15.1 Å². The summed E-state index contributed by atoms with van der Waals surface area (Å²) in [6, 6.07) is 15.4. The van der Waals surface area contributed by atoms with Crippen LogP contribution in [-0.4, -0.2) is 44.4 Å². The minimum Gasteiger partial charge on any atom is -0.415 e. The third-order valence-corrected chi connectivity index (χ3v) is 7.42. The van der Waals surface area contributed by atoms with E-state index in [4.69, 9.17) is 4.42 Å². The first-order valence-electron chi connectivity index (χ1n) is 12.9. The Bertz CT molecular complexity index is 1730. The van der Waals surface area contributed by atoms with E-state index in [-0.39, 0.29) is 29.7 Å². The highest BCUT2D eigenvalue weighted by Gasteiger charge is 2.25. The van der Waals surface area contributed by atoms with Crippen molar-refractivity contribution >= 4 is 11.0 Å². The second-order valence-electron chi connectivity index (χ2n) is 10.0. The number of rotatable bonds is 6. The fraction of sp³-hybridized carbons (Fsp3) is 0.276. The van der Waals surface area contributed by atoms with Gasteiger partial charge in [0.1, 0.15) is 11.6 Å². The average molecular weight is 552 g/mol. The maximum atomic E-state index is 14.6. The van der Waals surface area contributed by atoms with Crippen LogP contribution < -0.4 is 5.69 Å². The van der Waals surface area contributed by atoms with Crippen LogP contribution >= 0.6 is 0 Å². The summed E-state index contributed by atoms with van der Waals surface area (Å²) < 4.78 is 62.7. The molecule has 5 aromatic rings. The van der Waals surface area contributed by atoms with Gasteiger partial charge in [-0.05, 0) is 86.6 Å². The number of likely N-dealkylation sites (tertiary alicyclic amines) is 1. The first-order chi connectivity index (χ1) is 19.3. The Kier molecular flexibility index (Phi) is 6.75. The summed E-state index contributed by atoms with van der Waals surface area (Å²) in [6.07, 6.45) is -1.23. The molecule has 0 spiro atoms. The molecule has 0 saturated carbocycles. The van der Waals surface area contributed by atoms with Crippen LogP contribution in [0.2, 0.25) is 0 Å². The molecular weight excluding hydrogens is 526 g/mol. The monoisotopic (exact) mass is 551 g/mol. The third-order valence-electron chi connectivity index (χ3n) is 7.42. The van der Waals surface area contributed by atoms with E-state index in [1.165, 1.54) is 0 Å². The Labute approximate surface area is 226 Å². The number of nitrogens with zero attached hydrogens (tertiary/aromatic N) is 5. The Balaban J connectivity index is 1.41. The first-order valence-corrected chi connectivity index (χ1v) is 12.9. The SMILES string of the molecule is CN1CCC(n2c(=O)n(Cc3ccc(-c4nnc(C(F)F)o4)cc3)c3cc(-c4cc(F)ccc4F)ccc32)CC1. The Morgan fingerprint density at radius 1 is 0.925 bits per heavy atom. The normalized spacial score (nSPS) is 14.9. The van der Waals surface area contributed by atoms with Crippen molar-refractivity contribution in [1.82, 2.24) is 24.2 Å². The molecule has 3 aromatic carbocycles. The molecule has 1 aliphatic heterocycles. The molecule has 1 aliphatic rings. The molecule has 0 N–H and O–H groups in total. The summed E-state index contributed by atoms with van der Waals surface area (Å²) in [4.78, 5) is 16.1. The molecule has 11 heteroatoms. The number of imidazole rings is 1. The van der Waals surface area contributed by atoms with Crippen molar-refractivity contribution in [2.45, 2.75) is 31.9 Å². The van der Waals surface area contributed by atoms with Crippen LogP contribution in [-0.2, 0) is 6.54 Å². The molecule has 3 heterocycles. The maximum absolute atomic E-state index is 14.6. The average Bonchev–Trinajstić information content (AvgIpc) is 3.55. The molecule has 0 atom stereocenters. The van der Waals surface area contributed by atoms with Crippen molar-refractivity contribution in [2.24, 2.45) is 0 Å². The van der Waals surface area contributed by atoms with Crippen LogP contribution in [0.15, 0.2) is 69.9 Å². The fourth-order valence-electron chi connectivity index (χ4n) is 5.30. The number of hydrogen-bond donors (Lipinski definition) is 0. The van der Waals surface area contributed by atoms with E-state index < -0.39 is 24.0 Å². The van der Waals surface area contributed by atoms with Crippen LogP contribution in [0.4, 0.5) is 17.6 Å². The number of piperidine rings is 1. The van der Waals surface area contributed by atoms with Crippen molar-refractivity contribution in [1.29, 1.82) is 0 Å². The summed E-state index contributed by atoms with van der Waals surface area (Å²) in [5, 5.41) is 7.03. The van der Waals surface area contributed by atoms with Crippen molar-refractivity contribution in [3.63, 3.8) is 0 Å². The van der Waals surface area contributed by atoms with Crippen molar-refractivity contribution in [3.8, 4) is 22.6 Å². The Hall–Kier alpha value is -4.25. The van der Waals surface area contributed by atoms with E-state index in [9.17, 15) is 22.4 Å². The van der Waals surface area contributed by atoms with Gasteiger partial charge >= 0.3 is 12.1 Å². The zero-order valence-electron chi connectivity index (χ0n) is 21.5. The molecule has 0 radical (unpaired) electrons. The Morgan fingerprint density at radius 2 is 1.65 bits per heavy atom. The van der Waals surface area contributed by atoms with Gasteiger partial charge in [0.2, 0.25) is 5.89 Å². The maximum Gasteiger partial charge on any atom is 0.329 e. The van der Waals surface area contributed by atoms with Gasteiger partial charge in [0.25, 0.3) is 5.89 Å². The van der Waals surface area contributed by atoms with E-state index in [1.54, 1.807) is 47.0 Å². The van der Waals surface area contributed by atoms with Crippen molar-refractivity contribution in [3.05, 3.63) is 94.2 Å². The van der Waals surface area contributed by atoms with Gasteiger partial charge < -0.3 is 9.32 Å². The van der Waals surface area contributed by atoms with Crippen LogP contribution in [0, 0.1) is 11.6 Å². The summed E-state index contributed by atoms with van der Waals surface area (Å²) in [6.45, 7) is 1.93. The van der Waals surface area contributed by atoms with Gasteiger partial charge in [-0.3, -0.25) is 9.13 Å². The minimum atomic E-state index is -2.86. The molecule has 1 fully saturated rings. The number of halogens is 4. The molecule has 1 saturated heterocycles. The van der Waals surface area contributed by atoms with E-state index in [0.29, 0.717) is 16.6 Å². The lowest BCUT2D eigenvalue weighted by Gasteiger charge is -2.29. The molecule has 0 aliphatic carbocycles. The van der Waals surface area contributed by atoms with Gasteiger partial charge in [-0.25, -0.2) is 13.6 Å². The van der Waals surface area contributed by atoms with Crippen LogP contribution in [0.1, 0.15) is 36.8 Å². The topological polar surface area (TPSA) is 69.1 Å².